The maximum absolute atomic E-state index is 12.8. The molecule has 1 saturated heterocycles. The molecule has 2 N–H and O–H groups in total. The number of fused-ring (bicyclic) bond motifs is 1. The van der Waals surface area contributed by atoms with E-state index >= 15 is 0 Å². The zero-order valence-electron chi connectivity index (χ0n) is 11.4. The quantitative estimate of drug-likeness (QED) is 0.893. The first-order chi connectivity index (χ1) is 9.02. The number of rotatable bonds is 3. The molecule has 2 fully saturated rings. The van der Waals surface area contributed by atoms with E-state index in [0.29, 0.717) is 16.6 Å². The molecule has 1 aliphatic heterocycles. The summed E-state index contributed by atoms with van der Waals surface area (Å²) in [6, 6.07) is 7.63. The van der Waals surface area contributed by atoms with Gasteiger partial charge >= 0.3 is 0 Å². The van der Waals surface area contributed by atoms with E-state index in [9.17, 15) is 4.21 Å². The lowest BCUT2D eigenvalue weighted by Gasteiger charge is -2.30. The number of hydrogen-bond donors (Lipinski definition) is 2. The van der Waals surface area contributed by atoms with Crippen molar-refractivity contribution in [3.8, 4) is 0 Å². The van der Waals surface area contributed by atoms with Gasteiger partial charge in [0, 0.05) is 10.4 Å². The molecule has 1 aromatic carbocycles. The van der Waals surface area contributed by atoms with Crippen LogP contribution in [-0.2, 0) is 9.73 Å². The lowest BCUT2D eigenvalue weighted by molar-refractivity contribution is 0.360. The molecule has 3 rings (SSSR count). The maximum atomic E-state index is 12.8. The van der Waals surface area contributed by atoms with Gasteiger partial charge in [0.25, 0.3) is 0 Å². The van der Waals surface area contributed by atoms with Crippen molar-refractivity contribution in [2.45, 2.75) is 43.0 Å². The van der Waals surface area contributed by atoms with Crippen LogP contribution in [-0.4, -0.2) is 22.0 Å². The van der Waals surface area contributed by atoms with Gasteiger partial charge < -0.3 is 5.32 Å². The van der Waals surface area contributed by atoms with Gasteiger partial charge in [0.1, 0.15) is 0 Å². The summed E-state index contributed by atoms with van der Waals surface area (Å²) >= 11 is 0. The van der Waals surface area contributed by atoms with E-state index in [0.717, 1.165) is 18.5 Å². The van der Waals surface area contributed by atoms with Crippen LogP contribution in [0.25, 0.3) is 0 Å². The zero-order chi connectivity index (χ0) is 13.5. The summed E-state index contributed by atoms with van der Waals surface area (Å²) in [5.41, 5.74) is 1.12. The average molecular weight is 278 g/mol. The fourth-order valence-corrected chi connectivity index (χ4v) is 5.69. The van der Waals surface area contributed by atoms with E-state index in [1.54, 1.807) is 0 Å². The molecule has 0 radical (unpaired) electrons. The molecule has 1 saturated carbocycles. The number of hydrogen-bond acceptors (Lipinski definition) is 3. The Morgan fingerprint density at radius 2 is 2.11 bits per heavy atom. The fourth-order valence-electron chi connectivity index (χ4n) is 3.74. The first-order valence-electron chi connectivity index (χ1n) is 7.10. The van der Waals surface area contributed by atoms with Crippen molar-refractivity contribution < 1.29 is 4.21 Å². The predicted molar refractivity (Wildman–Crippen MR) is 77.9 cm³/mol. The normalized spacial score (nSPS) is 33.0. The SMILES string of the molecule is Cc1ccc(S(=N)(=O)CC23CCCC2CCN3)cc1. The second-order valence-electron chi connectivity index (χ2n) is 6.09. The lowest BCUT2D eigenvalue weighted by Crippen LogP contribution is -2.47. The molecule has 0 bridgehead atoms. The van der Waals surface area contributed by atoms with Crippen LogP contribution in [0.3, 0.4) is 0 Å². The molecule has 0 spiro atoms. The smallest absolute Gasteiger partial charge is 0.0744 e. The highest BCUT2D eigenvalue weighted by atomic mass is 32.2. The summed E-state index contributed by atoms with van der Waals surface area (Å²) in [4.78, 5) is 0.687. The van der Waals surface area contributed by atoms with Crippen LogP contribution in [0.1, 0.15) is 31.2 Å². The Balaban J connectivity index is 1.87. The Morgan fingerprint density at radius 1 is 1.37 bits per heavy atom. The van der Waals surface area contributed by atoms with Crippen molar-refractivity contribution in [3.05, 3.63) is 29.8 Å². The third kappa shape index (κ3) is 2.32. The Bertz CT molecular complexity index is 552. The molecule has 104 valence electrons. The second-order valence-corrected chi connectivity index (χ2v) is 8.20. The summed E-state index contributed by atoms with van der Waals surface area (Å²) in [6.45, 7) is 3.04. The van der Waals surface area contributed by atoms with Crippen LogP contribution in [0.5, 0.6) is 0 Å². The van der Waals surface area contributed by atoms with E-state index < -0.39 is 9.73 Å². The third-order valence-electron chi connectivity index (χ3n) is 4.79. The van der Waals surface area contributed by atoms with E-state index in [4.69, 9.17) is 4.78 Å². The summed E-state index contributed by atoms with van der Waals surface area (Å²) in [5.74, 6) is 1.11. The van der Waals surface area contributed by atoms with E-state index in [2.05, 4.69) is 5.32 Å². The standard InChI is InChI=1S/C15H22N2OS/c1-12-4-6-14(7-5-12)19(16,18)11-15-9-2-3-13(15)8-10-17-15/h4-7,13,16-17H,2-3,8-11H2,1H3. The first kappa shape index (κ1) is 13.1. The largest absolute Gasteiger partial charge is 0.310 e. The molecular weight excluding hydrogens is 256 g/mol. The van der Waals surface area contributed by atoms with Gasteiger partial charge in [-0.05, 0) is 50.8 Å². The monoisotopic (exact) mass is 278 g/mol. The van der Waals surface area contributed by atoms with E-state index in [-0.39, 0.29) is 5.54 Å². The van der Waals surface area contributed by atoms with Gasteiger partial charge in [-0.2, -0.15) is 0 Å². The second kappa shape index (κ2) is 4.60. The highest BCUT2D eigenvalue weighted by Crippen LogP contribution is 2.43. The number of nitrogens with one attached hydrogen (secondary N) is 2. The van der Waals surface area contributed by atoms with Gasteiger partial charge in [0.05, 0.1) is 15.5 Å². The molecule has 0 aromatic heterocycles. The Hall–Kier alpha value is -0.870. The Morgan fingerprint density at radius 3 is 2.84 bits per heavy atom. The molecular formula is C15H22N2OS. The molecule has 19 heavy (non-hydrogen) atoms. The van der Waals surface area contributed by atoms with E-state index in [1.165, 1.54) is 19.3 Å². The molecule has 3 nitrogen and oxygen atoms in total. The highest BCUT2D eigenvalue weighted by molar-refractivity contribution is 7.92. The van der Waals surface area contributed by atoms with Gasteiger partial charge in [0.15, 0.2) is 0 Å². The van der Waals surface area contributed by atoms with Crippen molar-refractivity contribution in [3.63, 3.8) is 0 Å². The van der Waals surface area contributed by atoms with Crippen LogP contribution in [0, 0.1) is 17.6 Å². The molecule has 1 aliphatic carbocycles. The van der Waals surface area contributed by atoms with Crippen LogP contribution in [0.15, 0.2) is 29.2 Å². The van der Waals surface area contributed by atoms with E-state index in [1.807, 2.05) is 31.2 Å². The van der Waals surface area contributed by atoms with Crippen molar-refractivity contribution in [1.29, 1.82) is 4.78 Å². The van der Waals surface area contributed by atoms with Crippen LogP contribution in [0.4, 0.5) is 0 Å². The average Bonchev–Trinajstić information content (AvgIpc) is 2.87. The minimum atomic E-state index is -2.69. The Kier molecular flexibility index (Phi) is 3.18. The lowest BCUT2D eigenvalue weighted by atomic mass is 9.91. The molecule has 0 amide bonds. The topological polar surface area (TPSA) is 53.0 Å². The summed E-state index contributed by atoms with van der Waals surface area (Å²) < 4.78 is 21.2. The van der Waals surface area contributed by atoms with Crippen molar-refractivity contribution >= 4 is 9.73 Å². The molecule has 4 heteroatoms. The highest BCUT2D eigenvalue weighted by Gasteiger charge is 2.47. The third-order valence-corrected chi connectivity index (χ3v) is 6.74. The fraction of sp³-hybridized carbons (Fsp3) is 0.600. The number of benzene rings is 1. The molecule has 2 aliphatic rings. The van der Waals surface area contributed by atoms with Gasteiger partial charge in [-0.3, -0.25) is 0 Å². The summed E-state index contributed by atoms with van der Waals surface area (Å²) in [5, 5.41) is 3.57. The van der Waals surface area contributed by atoms with Gasteiger partial charge in [-0.15, -0.1) is 0 Å². The molecule has 1 heterocycles. The minimum absolute atomic E-state index is 0.0241. The predicted octanol–water partition coefficient (Wildman–Crippen LogP) is 2.93. The Labute approximate surface area is 115 Å². The minimum Gasteiger partial charge on any atom is -0.310 e. The van der Waals surface area contributed by atoms with Crippen molar-refractivity contribution in [2.24, 2.45) is 5.92 Å². The maximum Gasteiger partial charge on any atom is 0.0744 e. The van der Waals surface area contributed by atoms with Crippen LogP contribution < -0.4 is 5.32 Å². The van der Waals surface area contributed by atoms with Crippen molar-refractivity contribution in [1.82, 2.24) is 5.32 Å². The molecule has 3 atom stereocenters. The zero-order valence-corrected chi connectivity index (χ0v) is 12.3. The summed E-state index contributed by atoms with van der Waals surface area (Å²) in [6.07, 6.45) is 4.71. The first-order valence-corrected chi connectivity index (χ1v) is 8.83. The van der Waals surface area contributed by atoms with Gasteiger partial charge in [-0.1, -0.05) is 24.1 Å². The van der Waals surface area contributed by atoms with Crippen LogP contribution in [0.2, 0.25) is 0 Å². The van der Waals surface area contributed by atoms with Crippen molar-refractivity contribution in [2.75, 3.05) is 12.3 Å². The number of aryl methyl sites for hydroxylation is 1. The molecule has 3 unspecified atom stereocenters. The molecule has 1 aromatic rings. The van der Waals surface area contributed by atoms with Gasteiger partial charge in [-0.25, -0.2) is 8.99 Å². The van der Waals surface area contributed by atoms with Crippen LogP contribution >= 0.6 is 0 Å². The van der Waals surface area contributed by atoms with Gasteiger partial charge in [0.2, 0.25) is 0 Å². The summed E-state index contributed by atoms with van der Waals surface area (Å²) in [7, 11) is -2.69.